The molecule has 2 aromatic heterocycles. The third-order valence-electron chi connectivity index (χ3n) is 2.93. The monoisotopic (exact) mass is 256 g/mol. The molecule has 5 heteroatoms. The summed E-state index contributed by atoms with van der Waals surface area (Å²) < 4.78 is 0. The Balaban J connectivity index is 2.18. The number of hydrogen-bond donors (Lipinski definition) is 2. The van der Waals surface area contributed by atoms with Crippen molar-refractivity contribution in [2.24, 2.45) is 5.84 Å². The Hall–Kier alpha value is -1.82. The van der Waals surface area contributed by atoms with Gasteiger partial charge < -0.3 is 0 Å². The second-order valence-corrected chi connectivity index (χ2v) is 4.87. The van der Waals surface area contributed by atoms with Gasteiger partial charge in [-0.15, -0.1) is 11.3 Å². The van der Waals surface area contributed by atoms with Crippen molar-refractivity contribution in [2.45, 2.75) is 6.04 Å². The number of rotatable bonds is 3. The lowest BCUT2D eigenvalue weighted by Crippen LogP contribution is -2.28. The van der Waals surface area contributed by atoms with Gasteiger partial charge >= 0.3 is 0 Å². The van der Waals surface area contributed by atoms with Gasteiger partial charge in [-0.25, -0.2) is 5.43 Å². The van der Waals surface area contributed by atoms with Crippen LogP contribution in [0.4, 0.5) is 0 Å². The molecule has 0 saturated carbocycles. The first-order chi connectivity index (χ1) is 8.90. The van der Waals surface area contributed by atoms with Crippen LogP contribution in [0.5, 0.6) is 0 Å². The summed E-state index contributed by atoms with van der Waals surface area (Å²) in [5, 5.41) is 2.27. The highest BCUT2D eigenvalue weighted by Gasteiger charge is 2.16. The quantitative estimate of drug-likeness (QED) is 0.557. The van der Waals surface area contributed by atoms with Crippen LogP contribution in [0.1, 0.15) is 16.5 Å². The van der Waals surface area contributed by atoms with Crippen molar-refractivity contribution < 1.29 is 0 Å². The Kier molecular flexibility index (Phi) is 3.02. The average molecular weight is 256 g/mol. The van der Waals surface area contributed by atoms with Crippen LogP contribution in [-0.4, -0.2) is 9.97 Å². The summed E-state index contributed by atoms with van der Waals surface area (Å²) in [6, 6.07) is 8.11. The summed E-state index contributed by atoms with van der Waals surface area (Å²) in [5.74, 6) is 5.70. The van der Waals surface area contributed by atoms with E-state index in [1.165, 1.54) is 0 Å². The molecule has 0 aliphatic heterocycles. The summed E-state index contributed by atoms with van der Waals surface area (Å²) in [5.41, 5.74) is 5.78. The predicted octanol–water partition coefficient (Wildman–Crippen LogP) is 2.24. The first-order valence-corrected chi connectivity index (χ1v) is 6.45. The first kappa shape index (κ1) is 11.3. The van der Waals surface area contributed by atoms with Crippen LogP contribution in [0.15, 0.2) is 48.4 Å². The van der Waals surface area contributed by atoms with E-state index in [0.29, 0.717) is 0 Å². The lowest BCUT2D eigenvalue weighted by Gasteiger charge is -2.16. The SMILES string of the molecule is NNC(c1cncs1)c1cccc2ccncc12. The van der Waals surface area contributed by atoms with Gasteiger partial charge in [0.15, 0.2) is 0 Å². The number of aromatic nitrogens is 2. The Morgan fingerprint density at radius 2 is 2.11 bits per heavy atom. The molecule has 0 aliphatic rings. The molecule has 4 nitrogen and oxygen atoms in total. The van der Waals surface area contributed by atoms with Crippen LogP contribution in [0, 0.1) is 0 Å². The predicted molar refractivity (Wildman–Crippen MR) is 73.0 cm³/mol. The number of thiazole rings is 1. The minimum atomic E-state index is -0.0506. The summed E-state index contributed by atoms with van der Waals surface area (Å²) in [6.45, 7) is 0. The fourth-order valence-corrected chi connectivity index (χ4v) is 2.78. The number of hydrogen-bond acceptors (Lipinski definition) is 5. The maximum atomic E-state index is 5.70. The molecule has 1 unspecified atom stereocenters. The van der Waals surface area contributed by atoms with Crippen LogP contribution < -0.4 is 11.3 Å². The Bertz CT molecular complexity index is 646. The molecule has 1 atom stereocenters. The molecular formula is C13H12N4S. The molecule has 0 amide bonds. The standard InChI is InChI=1S/C13H12N4S/c14-17-13(12-7-16-8-18-12)10-3-1-2-9-4-5-15-6-11(9)10/h1-8,13,17H,14H2. The lowest BCUT2D eigenvalue weighted by atomic mass is 10.00. The fraction of sp³-hybridized carbons (Fsp3) is 0.0769. The van der Waals surface area contributed by atoms with Crippen molar-refractivity contribution in [3.05, 3.63) is 58.8 Å². The minimum absolute atomic E-state index is 0.0506. The minimum Gasteiger partial charge on any atom is -0.271 e. The van der Waals surface area contributed by atoms with Crippen LogP contribution in [0.2, 0.25) is 0 Å². The molecule has 1 aromatic carbocycles. The van der Waals surface area contributed by atoms with E-state index in [9.17, 15) is 0 Å². The topological polar surface area (TPSA) is 63.8 Å². The molecule has 0 bridgehead atoms. The molecule has 0 radical (unpaired) electrons. The van der Waals surface area contributed by atoms with Crippen molar-refractivity contribution >= 4 is 22.1 Å². The average Bonchev–Trinajstić information content (AvgIpc) is 2.94. The maximum Gasteiger partial charge on any atom is 0.0825 e. The zero-order valence-corrected chi connectivity index (χ0v) is 10.4. The number of pyridine rings is 1. The van der Waals surface area contributed by atoms with Gasteiger partial charge in [0, 0.05) is 28.9 Å². The molecule has 0 aliphatic carbocycles. The largest absolute Gasteiger partial charge is 0.271 e. The van der Waals surface area contributed by atoms with Gasteiger partial charge in [-0.2, -0.15) is 0 Å². The summed E-state index contributed by atoms with van der Waals surface area (Å²) in [7, 11) is 0. The van der Waals surface area contributed by atoms with Crippen molar-refractivity contribution in [2.75, 3.05) is 0 Å². The number of hydrazine groups is 1. The first-order valence-electron chi connectivity index (χ1n) is 5.57. The van der Waals surface area contributed by atoms with Crippen LogP contribution in [-0.2, 0) is 0 Å². The molecule has 0 saturated heterocycles. The third kappa shape index (κ3) is 1.88. The molecule has 3 aromatic rings. The molecule has 0 spiro atoms. The third-order valence-corrected chi connectivity index (χ3v) is 3.77. The molecule has 3 rings (SSSR count). The molecule has 90 valence electrons. The Morgan fingerprint density at radius 1 is 1.17 bits per heavy atom. The molecule has 3 N–H and O–H groups in total. The van der Waals surface area contributed by atoms with Gasteiger partial charge in [-0.3, -0.25) is 15.8 Å². The molecule has 2 heterocycles. The zero-order chi connectivity index (χ0) is 12.4. The van der Waals surface area contributed by atoms with Crippen molar-refractivity contribution in [1.29, 1.82) is 0 Å². The van der Waals surface area contributed by atoms with E-state index >= 15 is 0 Å². The molecule has 18 heavy (non-hydrogen) atoms. The Labute approximate surface area is 108 Å². The maximum absolute atomic E-state index is 5.70. The highest BCUT2D eigenvalue weighted by molar-refractivity contribution is 7.09. The van der Waals surface area contributed by atoms with Gasteiger partial charge in [0.2, 0.25) is 0 Å². The summed E-state index contributed by atoms with van der Waals surface area (Å²) in [4.78, 5) is 9.39. The van der Waals surface area contributed by atoms with E-state index in [0.717, 1.165) is 21.2 Å². The van der Waals surface area contributed by atoms with Gasteiger partial charge in [0.05, 0.1) is 11.6 Å². The zero-order valence-electron chi connectivity index (χ0n) is 9.58. The van der Waals surface area contributed by atoms with E-state index in [1.807, 2.05) is 30.0 Å². The van der Waals surface area contributed by atoms with Crippen molar-refractivity contribution in [3.63, 3.8) is 0 Å². The molecule has 0 fully saturated rings. The van der Waals surface area contributed by atoms with E-state index in [-0.39, 0.29) is 6.04 Å². The highest BCUT2D eigenvalue weighted by atomic mass is 32.1. The number of benzene rings is 1. The summed E-state index contributed by atoms with van der Waals surface area (Å²) >= 11 is 1.58. The van der Waals surface area contributed by atoms with E-state index < -0.39 is 0 Å². The van der Waals surface area contributed by atoms with Crippen LogP contribution >= 0.6 is 11.3 Å². The van der Waals surface area contributed by atoms with E-state index in [2.05, 4.69) is 27.5 Å². The van der Waals surface area contributed by atoms with Gasteiger partial charge in [-0.1, -0.05) is 18.2 Å². The summed E-state index contributed by atoms with van der Waals surface area (Å²) in [6.07, 6.45) is 5.50. The second kappa shape index (κ2) is 4.81. The van der Waals surface area contributed by atoms with Crippen molar-refractivity contribution in [3.8, 4) is 0 Å². The van der Waals surface area contributed by atoms with Crippen LogP contribution in [0.3, 0.4) is 0 Å². The van der Waals surface area contributed by atoms with Gasteiger partial charge in [0.1, 0.15) is 0 Å². The highest BCUT2D eigenvalue weighted by Crippen LogP contribution is 2.29. The van der Waals surface area contributed by atoms with Crippen molar-refractivity contribution in [1.82, 2.24) is 15.4 Å². The number of fused-ring (bicyclic) bond motifs is 1. The number of nitrogens with one attached hydrogen (secondary N) is 1. The number of nitrogens with zero attached hydrogens (tertiary/aromatic N) is 2. The van der Waals surface area contributed by atoms with E-state index in [1.54, 1.807) is 17.5 Å². The molecular weight excluding hydrogens is 244 g/mol. The van der Waals surface area contributed by atoms with E-state index in [4.69, 9.17) is 5.84 Å². The van der Waals surface area contributed by atoms with Crippen LogP contribution in [0.25, 0.3) is 10.8 Å². The van der Waals surface area contributed by atoms with Gasteiger partial charge in [-0.05, 0) is 17.0 Å². The lowest BCUT2D eigenvalue weighted by molar-refractivity contribution is 0.649. The fourth-order valence-electron chi connectivity index (χ4n) is 2.08. The second-order valence-electron chi connectivity index (χ2n) is 3.95. The Morgan fingerprint density at radius 3 is 2.89 bits per heavy atom. The normalized spacial score (nSPS) is 12.7. The smallest absolute Gasteiger partial charge is 0.0825 e. The van der Waals surface area contributed by atoms with Gasteiger partial charge in [0.25, 0.3) is 0 Å². The number of nitrogens with two attached hydrogens (primary N) is 1.